The second-order valence-electron chi connectivity index (χ2n) is 4.31. The van der Waals surface area contributed by atoms with E-state index in [1.807, 2.05) is 0 Å². The maximum atomic E-state index is 3.39. The SMILES string of the molecule is CCNCc1ccccc1-c1cccc(C)c1. The van der Waals surface area contributed by atoms with Crippen LogP contribution in [0.2, 0.25) is 0 Å². The van der Waals surface area contributed by atoms with Crippen LogP contribution in [0.4, 0.5) is 0 Å². The molecule has 0 aliphatic heterocycles. The van der Waals surface area contributed by atoms with Crippen molar-refractivity contribution in [2.75, 3.05) is 6.54 Å². The third-order valence-electron chi connectivity index (χ3n) is 2.91. The Hall–Kier alpha value is -1.60. The van der Waals surface area contributed by atoms with Gasteiger partial charge in [-0.3, -0.25) is 0 Å². The Morgan fingerprint density at radius 1 is 1.00 bits per heavy atom. The van der Waals surface area contributed by atoms with Crippen molar-refractivity contribution in [1.29, 1.82) is 0 Å². The van der Waals surface area contributed by atoms with E-state index in [1.165, 1.54) is 22.3 Å². The molecule has 0 atom stereocenters. The number of rotatable bonds is 4. The fourth-order valence-corrected chi connectivity index (χ4v) is 2.03. The minimum absolute atomic E-state index is 0.931. The van der Waals surface area contributed by atoms with Gasteiger partial charge in [0.2, 0.25) is 0 Å². The van der Waals surface area contributed by atoms with Crippen LogP contribution < -0.4 is 5.32 Å². The van der Waals surface area contributed by atoms with Crippen molar-refractivity contribution in [2.24, 2.45) is 0 Å². The molecular formula is C16H19N. The summed E-state index contributed by atoms with van der Waals surface area (Å²) in [6, 6.07) is 17.3. The van der Waals surface area contributed by atoms with Gasteiger partial charge in [0.05, 0.1) is 0 Å². The van der Waals surface area contributed by atoms with E-state index >= 15 is 0 Å². The molecule has 0 spiro atoms. The van der Waals surface area contributed by atoms with E-state index in [0.717, 1.165) is 13.1 Å². The molecule has 0 aliphatic carbocycles. The van der Waals surface area contributed by atoms with Crippen molar-refractivity contribution in [1.82, 2.24) is 5.32 Å². The molecule has 0 saturated carbocycles. The van der Waals surface area contributed by atoms with Gasteiger partial charge >= 0.3 is 0 Å². The molecule has 0 radical (unpaired) electrons. The molecule has 0 saturated heterocycles. The first-order chi connectivity index (χ1) is 8.31. The lowest BCUT2D eigenvalue weighted by Crippen LogP contribution is -2.12. The molecule has 1 nitrogen and oxygen atoms in total. The van der Waals surface area contributed by atoms with Gasteiger partial charge in [0.25, 0.3) is 0 Å². The van der Waals surface area contributed by atoms with E-state index in [-0.39, 0.29) is 0 Å². The fraction of sp³-hybridized carbons (Fsp3) is 0.250. The molecule has 2 rings (SSSR count). The molecule has 17 heavy (non-hydrogen) atoms. The number of hydrogen-bond donors (Lipinski definition) is 1. The molecule has 88 valence electrons. The topological polar surface area (TPSA) is 12.0 Å². The summed E-state index contributed by atoms with van der Waals surface area (Å²) in [6.45, 7) is 6.20. The fourth-order valence-electron chi connectivity index (χ4n) is 2.03. The predicted molar refractivity (Wildman–Crippen MR) is 74.0 cm³/mol. The van der Waals surface area contributed by atoms with Crippen LogP contribution in [0.15, 0.2) is 48.5 Å². The Labute approximate surface area is 103 Å². The third kappa shape index (κ3) is 2.95. The number of nitrogens with one attached hydrogen (secondary N) is 1. The Morgan fingerprint density at radius 3 is 2.59 bits per heavy atom. The lowest BCUT2D eigenvalue weighted by atomic mass is 9.98. The van der Waals surface area contributed by atoms with E-state index < -0.39 is 0 Å². The first-order valence-electron chi connectivity index (χ1n) is 6.17. The van der Waals surface area contributed by atoms with Gasteiger partial charge in [-0.25, -0.2) is 0 Å². The van der Waals surface area contributed by atoms with Crippen molar-refractivity contribution in [3.05, 3.63) is 59.7 Å². The Morgan fingerprint density at radius 2 is 1.82 bits per heavy atom. The molecule has 0 heterocycles. The number of hydrogen-bond acceptors (Lipinski definition) is 1. The van der Waals surface area contributed by atoms with Crippen molar-refractivity contribution in [3.8, 4) is 11.1 Å². The molecule has 0 amide bonds. The molecule has 1 N–H and O–H groups in total. The second-order valence-corrected chi connectivity index (χ2v) is 4.31. The van der Waals surface area contributed by atoms with Gasteiger partial charge in [-0.1, -0.05) is 61.0 Å². The maximum Gasteiger partial charge on any atom is 0.0211 e. The van der Waals surface area contributed by atoms with Crippen LogP contribution in [0.1, 0.15) is 18.1 Å². The average Bonchev–Trinajstić information content (AvgIpc) is 2.37. The summed E-state index contributed by atoms with van der Waals surface area (Å²) >= 11 is 0. The Bertz CT molecular complexity index is 488. The van der Waals surface area contributed by atoms with Gasteiger partial charge < -0.3 is 5.32 Å². The van der Waals surface area contributed by atoms with Crippen LogP contribution >= 0.6 is 0 Å². The third-order valence-corrected chi connectivity index (χ3v) is 2.91. The standard InChI is InChI=1S/C16H19N/c1-3-17-12-15-8-4-5-10-16(15)14-9-6-7-13(2)11-14/h4-11,17H,3,12H2,1-2H3. The smallest absolute Gasteiger partial charge is 0.0211 e. The molecule has 0 bridgehead atoms. The quantitative estimate of drug-likeness (QED) is 0.835. The lowest BCUT2D eigenvalue weighted by Gasteiger charge is -2.10. The summed E-state index contributed by atoms with van der Waals surface area (Å²) < 4.78 is 0. The van der Waals surface area contributed by atoms with E-state index in [4.69, 9.17) is 0 Å². The first-order valence-corrected chi connectivity index (χ1v) is 6.17. The highest BCUT2D eigenvalue weighted by molar-refractivity contribution is 5.67. The summed E-state index contributed by atoms with van der Waals surface area (Å²) in [5, 5.41) is 3.39. The predicted octanol–water partition coefficient (Wildman–Crippen LogP) is 3.77. The summed E-state index contributed by atoms with van der Waals surface area (Å²) in [5.74, 6) is 0. The van der Waals surface area contributed by atoms with Crippen molar-refractivity contribution in [3.63, 3.8) is 0 Å². The molecule has 0 unspecified atom stereocenters. The monoisotopic (exact) mass is 225 g/mol. The minimum atomic E-state index is 0.931. The highest BCUT2D eigenvalue weighted by Crippen LogP contribution is 2.24. The molecule has 2 aromatic carbocycles. The van der Waals surface area contributed by atoms with E-state index in [2.05, 4.69) is 67.7 Å². The van der Waals surface area contributed by atoms with Crippen LogP contribution in [0.5, 0.6) is 0 Å². The van der Waals surface area contributed by atoms with Gasteiger partial charge in [0, 0.05) is 6.54 Å². The van der Waals surface area contributed by atoms with Crippen molar-refractivity contribution >= 4 is 0 Å². The molecule has 0 aromatic heterocycles. The molecule has 1 heteroatoms. The Balaban J connectivity index is 2.37. The number of aryl methyl sites for hydroxylation is 1. The molecular weight excluding hydrogens is 206 g/mol. The minimum Gasteiger partial charge on any atom is -0.313 e. The van der Waals surface area contributed by atoms with E-state index in [1.54, 1.807) is 0 Å². The van der Waals surface area contributed by atoms with Crippen LogP contribution in [0.25, 0.3) is 11.1 Å². The van der Waals surface area contributed by atoms with Crippen LogP contribution in [-0.2, 0) is 6.54 Å². The zero-order valence-corrected chi connectivity index (χ0v) is 10.5. The van der Waals surface area contributed by atoms with Gasteiger partial charge in [-0.2, -0.15) is 0 Å². The number of benzene rings is 2. The van der Waals surface area contributed by atoms with Gasteiger partial charge in [-0.05, 0) is 30.2 Å². The summed E-state index contributed by atoms with van der Waals surface area (Å²) in [4.78, 5) is 0. The first kappa shape index (κ1) is 11.9. The molecule has 0 aliphatic rings. The highest BCUT2D eigenvalue weighted by Gasteiger charge is 2.03. The van der Waals surface area contributed by atoms with E-state index in [0.29, 0.717) is 0 Å². The van der Waals surface area contributed by atoms with E-state index in [9.17, 15) is 0 Å². The van der Waals surface area contributed by atoms with Crippen LogP contribution in [0.3, 0.4) is 0 Å². The van der Waals surface area contributed by atoms with Crippen molar-refractivity contribution < 1.29 is 0 Å². The van der Waals surface area contributed by atoms with Gasteiger partial charge in [0.15, 0.2) is 0 Å². The average molecular weight is 225 g/mol. The van der Waals surface area contributed by atoms with Crippen LogP contribution in [0, 0.1) is 6.92 Å². The molecule has 2 aromatic rings. The zero-order chi connectivity index (χ0) is 12.1. The van der Waals surface area contributed by atoms with Crippen molar-refractivity contribution in [2.45, 2.75) is 20.4 Å². The maximum absolute atomic E-state index is 3.39. The highest BCUT2D eigenvalue weighted by atomic mass is 14.8. The zero-order valence-electron chi connectivity index (χ0n) is 10.5. The normalized spacial score (nSPS) is 10.5. The molecule has 0 fully saturated rings. The second kappa shape index (κ2) is 5.65. The van der Waals surface area contributed by atoms with Gasteiger partial charge in [-0.15, -0.1) is 0 Å². The largest absolute Gasteiger partial charge is 0.313 e. The summed E-state index contributed by atoms with van der Waals surface area (Å²) in [7, 11) is 0. The Kier molecular flexibility index (Phi) is 3.94. The lowest BCUT2D eigenvalue weighted by molar-refractivity contribution is 0.728. The summed E-state index contributed by atoms with van der Waals surface area (Å²) in [5.41, 5.74) is 5.30. The van der Waals surface area contributed by atoms with Gasteiger partial charge in [0.1, 0.15) is 0 Å². The summed E-state index contributed by atoms with van der Waals surface area (Å²) in [6.07, 6.45) is 0. The van der Waals surface area contributed by atoms with Crippen LogP contribution in [-0.4, -0.2) is 6.54 Å².